The molecule has 0 unspecified atom stereocenters. The van der Waals surface area contributed by atoms with E-state index in [2.05, 4.69) is 23.7 Å². The number of fused-ring (bicyclic) bond motifs is 1. The number of nitrogens with one attached hydrogen (secondary N) is 1. The zero-order chi connectivity index (χ0) is 11.4. The van der Waals surface area contributed by atoms with Gasteiger partial charge in [-0.25, -0.2) is 0 Å². The van der Waals surface area contributed by atoms with Crippen LogP contribution in [-0.2, 0) is 17.8 Å². The maximum absolute atomic E-state index is 11.9. The van der Waals surface area contributed by atoms with Crippen LogP contribution in [0, 0.1) is 0 Å². The molecular weight excluding hydrogens is 220 g/mol. The third-order valence-electron chi connectivity index (χ3n) is 2.93. The lowest BCUT2D eigenvalue weighted by atomic mass is 10.1. The summed E-state index contributed by atoms with van der Waals surface area (Å²) in [5, 5.41) is 5.31. The highest BCUT2D eigenvalue weighted by Crippen LogP contribution is 2.24. The summed E-state index contributed by atoms with van der Waals surface area (Å²) < 4.78 is 0. The molecule has 0 aliphatic carbocycles. The molecule has 4 heteroatoms. The Morgan fingerprint density at radius 3 is 3.31 bits per heavy atom. The van der Waals surface area contributed by atoms with E-state index in [1.165, 1.54) is 10.4 Å². The average molecular weight is 238 g/mol. The summed E-state index contributed by atoms with van der Waals surface area (Å²) in [4.78, 5) is 15.3. The number of hydrogen-bond donors (Lipinski definition) is 1. The largest absolute Gasteiger partial charge is 0.338 e. The van der Waals surface area contributed by atoms with Gasteiger partial charge in [-0.05, 0) is 30.0 Å². The fraction of sp³-hybridized carbons (Fsp3) is 0.583. The summed E-state index contributed by atoms with van der Waals surface area (Å²) in [6, 6.07) is 2.14. The minimum absolute atomic E-state index is 0.276. The van der Waals surface area contributed by atoms with Gasteiger partial charge >= 0.3 is 0 Å². The highest BCUT2D eigenvalue weighted by Gasteiger charge is 2.20. The van der Waals surface area contributed by atoms with E-state index in [1.807, 2.05) is 16.2 Å². The summed E-state index contributed by atoms with van der Waals surface area (Å²) >= 11 is 1.81. The zero-order valence-electron chi connectivity index (χ0n) is 9.66. The van der Waals surface area contributed by atoms with Gasteiger partial charge in [0.2, 0.25) is 5.91 Å². The third-order valence-corrected chi connectivity index (χ3v) is 3.95. The van der Waals surface area contributed by atoms with E-state index in [1.54, 1.807) is 0 Å². The van der Waals surface area contributed by atoms with Crippen LogP contribution in [0.25, 0.3) is 0 Å². The molecule has 1 aliphatic rings. The number of thiophene rings is 1. The van der Waals surface area contributed by atoms with E-state index in [0.717, 1.165) is 32.6 Å². The molecule has 1 aliphatic heterocycles. The van der Waals surface area contributed by atoms with Gasteiger partial charge in [0, 0.05) is 30.9 Å². The summed E-state index contributed by atoms with van der Waals surface area (Å²) in [6.45, 7) is 5.48. The summed E-state index contributed by atoms with van der Waals surface area (Å²) in [6.07, 6.45) is 1.65. The zero-order valence-corrected chi connectivity index (χ0v) is 10.5. The van der Waals surface area contributed by atoms with E-state index < -0.39 is 0 Å². The molecule has 2 heterocycles. The van der Waals surface area contributed by atoms with Crippen molar-refractivity contribution in [3.05, 3.63) is 21.9 Å². The standard InChI is InChI=1S/C12H18N2OS/c1-2-13-6-3-12(15)14-7-4-11-10(9-14)5-8-16-11/h5,8,13H,2-4,6-7,9H2,1H3. The molecular formula is C12H18N2OS. The molecule has 1 aromatic heterocycles. The summed E-state index contributed by atoms with van der Waals surface area (Å²) in [5.74, 6) is 0.276. The van der Waals surface area contributed by atoms with Crippen molar-refractivity contribution in [1.82, 2.24) is 10.2 Å². The van der Waals surface area contributed by atoms with Crippen LogP contribution >= 0.6 is 11.3 Å². The average Bonchev–Trinajstić information content (AvgIpc) is 2.76. The smallest absolute Gasteiger partial charge is 0.224 e. The van der Waals surface area contributed by atoms with Crippen LogP contribution in [0.2, 0.25) is 0 Å². The number of rotatable bonds is 4. The number of nitrogens with zero attached hydrogens (tertiary/aromatic N) is 1. The summed E-state index contributed by atoms with van der Waals surface area (Å²) in [5.41, 5.74) is 1.34. The predicted octanol–water partition coefficient (Wildman–Crippen LogP) is 1.63. The van der Waals surface area contributed by atoms with Crippen molar-refractivity contribution in [2.45, 2.75) is 26.3 Å². The second-order valence-electron chi connectivity index (χ2n) is 4.04. The lowest BCUT2D eigenvalue weighted by Gasteiger charge is -2.27. The topological polar surface area (TPSA) is 32.3 Å². The van der Waals surface area contributed by atoms with E-state index in [9.17, 15) is 4.79 Å². The Morgan fingerprint density at radius 2 is 2.50 bits per heavy atom. The Balaban J connectivity index is 1.86. The molecule has 88 valence electrons. The van der Waals surface area contributed by atoms with Gasteiger partial charge in [-0.1, -0.05) is 6.92 Å². The third kappa shape index (κ3) is 2.62. The Kier molecular flexibility index (Phi) is 3.96. The minimum atomic E-state index is 0.276. The Hall–Kier alpha value is -0.870. The molecule has 16 heavy (non-hydrogen) atoms. The molecule has 0 spiro atoms. The maximum Gasteiger partial charge on any atom is 0.224 e. The van der Waals surface area contributed by atoms with Crippen LogP contribution < -0.4 is 5.32 Å². The first-order valence-electron chi connectivity index (χ1n) is 5.85. The van der Waals surface area contributed by atoms with Gasteiger partial charge in [0.05, 0.1) is 0 Å². The van der Waals surface area contributed by atoms with Crippen LogP contribution in [0.1, 0.15) is 23.8 Å². The summed E-state index contributed by atoms with van der Waals surface area (Å²) in [7, 11) is 0. The Labute approximate surface area is 100 Å². The van der Waals surface area contributed by atoms with E-state index in [4.69, 9.17) is 0 Å². The maximum atomic E-state index is 11.9. The van der Waals surface area contributed by atoms with Gasteiger partial charge in [-0.2, -0.15) is 0 Å². The second-order valence-corrected chi connectivity index (χ2v) is 5.04. The van der Waals surface area contributed by atoms with Gasteiger partial charge in [0.25, 0.3) is 0 Å². The van der Waals surface area contributed by atoms with Crippen molar-refractivity contribution in [3.8, 4) is 0 Å². The number of carbonyl (C=O) groups excluding carboxylic acids is 1. The minimum Gasteiger partial charge on any atom is -0.338 e. The highest BCUT2D eigenvalue weighted by atomic mass is 32.1. The van der Waals surface area contributed by atoms with E-state index in [0.29, 0.717) is 6.42 Å². The van der Waals surface area contributed by atoms with Crippen molar-refractivity contribution in [3.63, 3.8) is 0 Å². The van der Waals surface area contributed by atoms with Gasteiger partial charge in [-0.15, -0.1) is 11.3 Å². The Morgan fingerprint density at radius 1 is 1.62 bits per heavy atom. The lowest BCUT2D eigenvalue weighted by molar-refractivity contribution is -0.132. The lowest BCUT2D eigenvalue weighted by Crippen LogP contribution is -2.36. The molecule has 1 N–H and O–H groups in total. The number of amides is 1. The number of carbonyl (C=O) groups is 1. The fourth-order valence-corrected chi connectivity index (χ4v) is 2.88. The van der Waals surface area contributed by atoms with Gasteiger partial charge in [-0.3, -0.25) is 4.79 Å². The quantitative estimate of drug-likeness (QED) is 0.809. The first-order valence-corrected chi connectivity index (χ1v) is 6.73. The SMILES string of the molecule is CCNCCC(=O)N1CCc2sccc2C1. The van der Waals surface area contributed by atoms with E-state index >= 15 is 0 Å². The van der Waals surface area contributed by atoms with Crippen molar-refractivity contribution in [1.29, 1.82) is 0 Å². The monoisotopic (exact) mass is 238 g/mol. The molecule has 0 bridgehead atoms. The molecule has 0 atom stereocenters. The molecule has 3 nitrogen and oxygen atoms in total. The molecule has 1 aromatic rings. The van der Waals surface area contributed by atoms with Crippen LogP contribution in [0.5, 0.6) is 0 Å². The molecule has 0 saturated heterocycles. The molecule has 0 fully saturated rings. The van der Waals surface area contributed by atoms with Gasteiger partial charge < -0.3 is 10.2 Å². The molecule has 0 radical (unpaired) electrons. The molecule has 0 aromatic carbocycles. The van der Waals surface area contributed by atoms with Crippen LogP contribution in [-0.4, -0.2) is 30.4 Å². The molecule has 1 amide bonds. The first kappa shape index (κ1) is 11.6. The van der Waals surface area contributed by atoms with Crippen molar-refractivity contribution >= 4 is 17.2 Å². The predicted molar refractivity (Wildman–Crippen MR) is 66.6 cm³/mol. The van der Waals surface area contributed by atoms with Gasteiger partial charge in [0.1, 0.15) is 0 Å². The highest BCUT2D eigenvalue weighted by molar-refractivity contribution is 7.10. The fourth-order valence-electron chi connectivity index (χ4n) is 1.99. The van der Waals surface area contributed by atoms with Crippen LogP contribution in [0.4, 0.5) is 0 Å². The first-order chi connectivity index (χ1) is 7.81. The molecule has 2 rings (SSSR count). The normalized spacial score (nSPS) is 14.9. The second kappa shape index (κ2) is 5.46. The van der Waals surface area contributed by atoms with Crippen molar-refractivity contribution in [2.75, 3.05) is 19.6 Å². The Bertz CT molecular complexity index is 362. The van der Waals surface area contributed by atoms with E-state index in [-0.39, 0.29) is 5.91 Å². The molecule has 0 saturated carbocycles. The number of hydrogen-bond acceptors (Lipinski definition) is 3. The van der Waals surface area contributed by atoms with Crippen molar-refractivity contribution in [2.24, 2.45) is 0 Å². The van der Waals surface area contributed by atoms with Crippen LogP contribution in [0.15, 0.2) is 11.4 Å². The van der Waals surface area contributed by atoms with Gasteiger partial charge in [0.15, 0.2) is 0 Å². The van der Waals surface area contributed by atoms with Crippen LogP contribution in [0.3, 0.4) is 0 Å². The van der Waals surface area contributed by atoms with Crippen molar-refractivity contribution < 1.29 is 4.79 Å².